The van der Waals surface area contributed by atoms with Crippen LogP contribution in [0, 0.1) is 11.8 Å². The first kappa shape index (κ1) is 14.4. The van der Waals surface area contributed by atoms with Gasteiger partial charge < -0.3 is 0 Å². The van der Waals surface area contributed by atoms with Crippen LogP contribution in [0.4, 0.5) is 0 Å². The van der Waals surface area contributed by atoms with E-state index in [0.29, 0.717) is 10.0 Å². The van der Waals surface area contributed by atoms with E-state index in [1.54, 1.807) is 18.2 Å². The maximum Gasteiger partial charge on any atom is 0.230 e. The number of amides is 2. The van der Waals surface area contributed by atoms with Crippen LogP contribution in [0.25, 0.3) is 0 Å². The minimum Gasteiger partial charge on any atom is -0.296 e. The van der Waals surface area contributed by atoms with E-state index in [9.17, 15) is 9.59 Å². The van der Waals surface area contributed by atoms with Crippen LogP contribution in [0.15, 0.2) is 18.2 Å². The van der Waals surface area contributed by atoms with Gasteiger partial charge in [0.05, 0.1) is 0 Å². The molecule has 1 heterocycles. The lowest BCUT2D eigenvalue weighted by atomic mass is 9.75. The molecule has 0 saturated carbocycles. The number of carbonyl (C=O) groups excluding carboxylic acids is 2. The molecule has 0 aromatic heterocycles. The molecule has 1 aromatic rings. The van der Waals surface area contributed by atoms with E-state index in [2.05, 4.69) is 5.32 Å². The molecule has 2 amide bonds. The van der Waals surface area contributed by atoms with Gasteiger partial charge >= 0.3 is 0 Å². The predicted molar refractivity (Wildman–Crippen MR) is 75.3 cm³/mol. The zero-order chi connectivity index (χ0) is 14.2. The number of hydrogen-bond acceptors (Lipinski definition) is 2. The molecule has 2 atom stereocenters. The average Bonchev–Trinajstić information content (AvgIpc) is 2.26. The van der Waals surface area contributed by atoms with Crippen molar-refractivity contribution in [1.29, 1.82) is 0 Å². The first-order valence-corrected chi connectivity index (χ1v) is 6.94. The Hall–Kier alpha value is -1.06. The third-order valence-corrected chi connectivity index (χ3v) is 4.05. The number of carbonyl (C=O) groups is 2. The van der Waals surface area contributed by atoms with Crippen LogP contribution in [-0.2, 0) is 9.59 Å². The number of hydrogen-bond donors (Lipinski definition) is 1. The van der Waals surface area contributed by atoms with E-state index >= 15 is 0 Å². The lowest BCUT2D eigenvalue weighted by Crippen LogP contribution is -2.46. The van der Waals surface area contributed by atoms with Crippen molar-refractivity contribution in [3.63, 3.8) is 0 Å². The van der Waals surface area contributed by atoms with Crippen LogP contribution >= 0.6 is 23.2 Å². The molecule has 3 nitrogen and oxygen atoms in total. The second-order valence-corrected chi connectivity index (χ2v) is 6.00. The molecule has 1 aromatic carbocycles. The Morgan fingerprint density at radius 2 is 1.95 bits per heavy atom. The molecular weight excluding hydrogens is 285 g/mol. The van der Waals surface area contributed by atoms with Crippen LogP contribution in [0.2, 0.25) is 10.0 Å². The molecule has 1 N–H and O–H groups in total. The molecule has 0 bridgehead atoms. The van der Waals surface area contributed by atoms with E-state index in [0.717, 1.165) is 5.56 Å². The summed E-state index contributed by atoms with van der Waals surface area (Å²) in [5, 5.41) is 3.44. The number of halogens is 2. The molecule has 0 radical (unpaired) electrons. The lowest BCUT2D eigenvalue weighted by Gasteiger charge is -2.33. The Labute approximate surface area is 122 Å². The fourth-order valence-corrected chi connectivity index (χ4v) is 3.20. The number of rotatable bonds is 2. The molecule has 2 unspecified atom stereocenters. The van der Waals surface area contributed by atoms with Crippen molar-refractivity contribution < 1.29 is 9.59 Å². The van der Waals surface area contributed by atoms with Gasteiger partial charge in [-0.1, -0.05) is 43.1 Å². The minimum atomic E-state index is -0.253. The number of piperidine rings is 1. The van der Waals surface area contributed by atoms with Gasteiger partial charge in [0.25, 0.3) is 0 Å². The third kappa shape index (κ3) is 2.93. The van der Waals surface area contributed by atoms with Gasteiger partial charge in [-0.05, 0) is 23.6 Å². The highest BCUT2D eigenvalue weighted by atomic mass is 35.5. The fourth-order valence-electron chi connectivity index (χ4n) is 2.65. The Kier molecular flexibility index (Phi) is 4.16. The highest BCUT2D eigenvalue weighted by Gasteiger charge is 2.39. The predicted octanol–water partition coefficient (Wildman–Crippen LogP) is 3.40. The normalized spacial score (nSPS) is 23.6. The quantitative estimate of drug-likeness (QED) is 0.851. The van der Waals surface area contributed by atoms with Gasteiger partial charge in [0.1, 0.15) is 0 Å². The monoisotopic (exact) mass is 299 g/mol. The Balaban J connectivity index is 2.43. The van der Waals surface area contributed by atoms with Crippen molar-refractivity contribution >= 4 is 35.0 Å². The lowest BCUT2D eigenvalue weighted by molar-refractivity contribution is -0.138. The average molecular weight is 300 g/mol. The summed E-state index contributed by atoms with van der Waals surface area (Å²) in [6, 6.07) is 5.18. The topological polar surface area (TPSA) is 46.2 Å². The molecule has 5 heteroatoms. The molecule has 1 fully saturated rings. The summed E-state index contributed by atoms with van der Waals surface area (Å²) >= 11 is 12.1. The molecule has 19 heavy (non-hydrogen) atoms. The summed E-state index contributed by atoms with van der Waals surface area (Å²) in [6.45, 7) is 3.94. The second kappa shape index (κ2) is 5.51. The minimum absolute atomic E-state index is 0.129. The Morgan fingerprint density at radius 3 is 2.53 bits per heavy atom. The summed E-state index contributed by atoms with van der Waals surface area (Å²) < 4.78 is 0. The van der Waals surface area contributed by atoms with E-state index in [1.807, 2.05) is 13.8 Å². The molecule has 1 aliphatic heterocycles. The summed E-state index contributed by atoms with van der Waals surface area (Å²) in [4.78, 5) is 23.6. The second-order valence-electron chi connectivity index (χ2n) is 5.16. The molecule has 2 rings (SSSR count). The van der Waals surface area contributed by atoms with Gasteiger partial charge in [0.15, 0.2) is 0 Å². The van der Waals surface area contributed by atoms with Crippen LogP contribution in [0.1, 0.15) is 31.7 Å². The van der Waals surface area contributed by atoms with Crippen LogP contribution in [0.3, 0.4) is 0 Å². The van der Waals surface area contributed by atoms with Gasteiger partial charge in [0, 0.05) is 28.3 Å². The SMILES string of the molecule is CC(C)C1C(=O)NC(=O)CC1c1ccc(Cl)cc1Cl. The maximum atomic E-state index is 12.0. The standard InChI is InChI=1S/C14H15Cl2NO2/c1-7(2)13-10(6-12(18)17-14(13)19)9-4-3-8(15)5-11(9)16/h3-5,7,10,13H,6H2,1-2H3,(H,17,18,19). The van der Waals surface area contributed by atoms with E-state index < -0.39 is 0 Å². The Morgan fingerprint density at radius 1 is 1.26 bits per heavy atom. The van der Waals surface area contributed by atoms with Gasteiger partial charge in [-0.15, -0.1) is 0 Å². The first-order valence-electron chi connectivity index (χ1n) is 6.18. The van der Waals surface area contributed by atoms with Crippen molar-refractivity contribution in [2.24, 2.45) is 11.8 Å². The van der Waals surface area contributed by atoms with Gasteiger partial charge in [-0.25, -0.2) is 0 Å². The highest BCUT2D eigenvalue weighted by Crippen LogP contribution is 2.39. The van der Waals surface area contributed by atoms with Crippen molar-refractivity contribution in [3.05, 3.63) is 33.8 Å². The molecule has 1 aliphatic rings. The first-order chi connectivity index (χ1) is 8.90. The molecule has 1 saturated heterocycles. The zero-order valence-electron chi connectivity index (χ0n) is 10.7. The largest absolute Gasteiger partial charge is 0.296 e. The van der Waals surface area contributed by atoms with Crippen molar-refractivity contribution in [2.75, 3.05) is 0 Å². The van der Waals surface area contributed by atoms with Crippen molar-refractivity contribution in [2.45, 2.75) is 26.2 Å². The van der Waals surface area contributed by atoms with Gasteiger partial charge in [-0.3, -0.25) is 14.9 Å². The zero-order valence-corrected chi connectivity index (χ0v) is 12.3. The molecular formula is C14H15Cl2NO2. The smallest absolute Gasteiger partial charge is 0.230 e. The van der Waals surface area contributed by atoms with E-state index in [-0.39, 0.29) is 36.0 Å². The van der Waals surface area contributed by atoms with E-state index in [1.165, 1.54) is 0 Å². The summed E-state index contributed by atoms with van der Waals surface area (Å²) in [5.74, 6) is -0.785. The van der Waals surface area contributed by atoms with E-state index in [4.69, 9.17) is 23.2 Å². The molecule has 0 aliphatic carbocycles. The number of imide groups is 1. The van der Waals surface area contributed by atoms with Crippen LogP contribution < -0.4 is 5.32 Å². The Bertz CT molecular complexity index is 528. The van der Waals surface area contributed by atoms with Gasteiger partial charge in [-0.2, -0.15) is 0 Å². The maximum absolute atomic E-state index is 12.0. The summed E-state index contributed by atoms with van der Waals surface area (Å²) in [5.41, 5.74) is 0.813. The number of nitrogens with one attached hydrogen (secondary N) is 1. The molecule has 102 valence electrons. The van der Waals surface area contributed by atoms with Crippen LogP contribution in [0.5, 0.6) is 0 Å². The van der Waals surface area contributed by atoms with Crippen LogP contribution in [-0.4, -0.2) is 11.8 Å². The summed E-state index contributed by atoms with van der Waals surface area (Å²) in [6.07, 6.45) is 0.274. The van der Waals surface area contributed by atoms with Crippen molar-refractivity contribution in [1.82, 2.24) is 5.32 Å². The summed E-state index contributed by atoms with van der Waals surface area (Å²) in [7, 11) is 0. The van der Waals surface area contributed by atoms with Crippen molar-refractivity contribution in [3.8, 4) is 0 Å². The number of benzene rings is 1. The third-order valence-electron chi connectivity index (χ3n) is 3.48. The highest BCUT2D eigenvalue weighted by molar-refractivity contribution is 6.35. The fraction of sp³-hybridized carbons (Fsp3) is 0.429. The molecule has 0 spiro atoms. The van der Waals surface area contributed by atoms with Gasteiger partial charge in [0.2, 0.25) is 11.8 Å².